The van der Waals surface area contributed by atoms with Crippen molar-refractivity contribution in [2.45, 2.75) is 18.9 Å². The fourth-order valence-corrected chi connectivity index (χ4v) is 1.92. The van der Waals surface area contributed by atoms with Crippen LogP contribution in [0.25, 0.3) is 0 Å². The fourth-order valence-electron chi connectivity index (χ4n) is 1.92. The van der Waals surface area contributed by atoms with Gasteiger partial charge in [-0.25, -0.2) is 4.79 Å². The lowest BCUT2D eigenvalue weighted by Crippen LogP contribution is -2.50. The highest BCUT2D eigenvalue weighted by atomic mass is 16.5. The predicted octanol–water partition coefficient (Wildman–Crippen LogP) is 1.61. The van der Waals surface area contributed by atoms with E-state index in [1.54, 1.807) is 7.11 Å². The number of hydrogen-bond donors (Lipinski definition) is 2. The number of likely N-dealkylation sites (N-methyl/N-ethyl adjacent to an activating group) is 1. The van der Waals surface area contributed by atoms with E-state index in [2.05, 4.69) is 5.32 Å². The van der Waals surface area contributed by atoms with Crippen molar-refractivity contribution in [2.75, 3.05) is 20.3 Å². The van der Waals surface area contributed by atoms with Gasteiger partial charge in [0.05, 0.1) is 0 Å². The molecule has 0 heterocycles. The van der Waals surface area contributed by atoms with Gasteiger partial charge >= 0.3 is 5.97 Å². The normalized spacial score (nSPS) is 14.2. The number of nitrogens with one attached hydrogen (secondary N) is 1. The van der Waals surface area contributed by atoms with E-state index in [1.165, 1.54) is 0 Å². The molecule has 0 spiro atoms. The molecule has 1 aromatic carbocycles. The van der Waals surface area contributed by atoms with Crippen molar-refractivity contribution < 1.29 is 14.6 Å². The van der Waals surface area contributed by atoms with E-state index in [0.29, 0.717) is 19.6 Å². The summed E-state index contributed by atoms with van der Waals surface area (Å²) in [6.07, 6.45) is 0.399. The van der Waals surface area contributed by atoms with Crippen LogP contribution in [0.15, 0.2) is 30.3 Å². The van der Waals surface area contributed by atoms with Gasteiger partial charge in [0.1, 0.15) is 5.54 Å². The third kappa shape index (κ3) is 3.05. The van der Waals surface area contributed by atoms with E-state index >= 15 is 0 Å². The molecule has 1 rings (SSSR count). The van der Waals surface area contributed by atoms with Crippen LogP contribution in [0, 0.1) is 0 Å². The molecule has 0 aromatic heterocycles. The maximum absolute atomic E-state index is 11.6. The minimum atomic E-state index is -1.06. The van der Waals surface area contributed by atoms with Crippen molar-refractivity contribution in [2.24, 2.45) is 0 Å². The van der Waals surface area contributed by atoms with Gasteiger partial charge in [-0.1, -0.05) is 37.3 Å². The van der Waals surface area contributed by atoms with Crippen LogP contribution in [0.5, 0.6) is 0 Å². The Kier molecular flexibility index (Phi) is 5.12. The molecular weight excluding hydrogens is 218 g/mol. The Bertz CT molecular complexity index is 353. The summed E-state index contributed by atoms with van der Waals surface area (Å²) in [6, 6.07) is 9.21. The van der Waals surface area contributed by atoms with E-state index in [9.17, 15) is 9.90 Å². The van der Waals surface area contributed by atoms with Crippen LogP contribution in [0.3, 0.4) is 0 Å². The van der Waals surface area contributed by atoms with Crippen molar-refractivity contribution >= 4 is 5.97 Å². The van der Waals surface area contributed by atoms with Crippen LogP contribution in [-0.4, -0.2) is 31.3 Å². The van der Waals surface area contributed by atoms with Crippen LogP contribution in [0.1, 0.15) is 18.9 Å². The lowest BCUT2D eigenvalue weighted by Gasteiger charge is -2.30. The number of methoxy groups -OCH3 is 1. The number of carbonyl (C=O) groups is 1. The van der Waals surface area contributed by atoms with Crippen molar-refractivity contribution in [3.63, 3.8) is 0 Å². The molecule has 2 N–H and O–H groups in total. The summed E-state index contributed by atoms with van der Waals surface area (Å²) in [6.45, 7) is 2.88. The number of rotatable bonds is 7. The summed E-state index contributed by atoms with van der Waals surface area (Å²) >= 11 is 0. The molecule has 4 heteroatoms. The zero-order valence-electron chi connectivity index (χ0n) is 10.3. The van der Waals surface area contributed by atoms with Gasteiger partial charge in [0, 0.05) is 20.1 Å². The Balaban J connectivity index is 3.10. The second-order valence-corrected chi connectivity index (χ2v) is 3.85. The lowest BCUT2D eigenvalue weighted by molar-refractivity contribution is -0.146. The highest BCUT2D eigenvalue weighted by Gasteiger charge is 2.39. The van der Waals surface area contributed by atoms with Crippen molar-refractivity contribution in [1.82, 2.24) is 5.32 Å². The van der Waals surface area contributed by atoms with E-state index in [4.69, 9.17) is 4.74 Å². The molecule has 17 heavy (non-hydrogen) atoms. The van der Waals surface area contributed by atoms with Gasteiger partial charge in [0.2, 0.25) is 0 Å². The zero-order chi connectivity index (χ0) is 12.7. The summed E-state index contributed by atoms with van der Waals surface area (Å²) in [4.78, 5) is 11.6. The van der Waals surface area contributed by atoms with Crippen LogP contribution in [-0.2, 0) is 15.1 Å². The highest BCUT2D eigenvalue weighted by molar-refractivity contribution is 5.80. The first-order valence-electron chi connectivity index (χ1n) is 5.70. The average Bonchev–Trinajstić information content (AvgIpc) is 2.35. The molecule has 0 aliphatic carbocycles. The third-order valence-corrected chi connectivity index (χ3v) is 2.79. The molecule has 0 radical (unpaired) electrons. The summed E-state index contributed by atoms with van der Waals surface area (Å²) in [5.74, 6) is -0.873. The number of carboxylic acid groups (broad SMARTS) is 1. The van der Waals surface area contributed by atoms with Crippen LogP contribution >= 0.6 is 0 Å². The first-order valence-corrected chi connectivity index (χ1v) is 5.70. The Labute approximate surface area is 102 Å². The van der Waals surface area contributed by atoms with E-state index in [1.807, 2.05) is 37.3 Å². The number of ether oxygens (including phenoxy) is 1. The standard InChI is InChI=1S/C13H19NO3/c1-3-14-13(12(15)16,9-10-17-2)11-7-5-4-6-8-11/h4-8,14H,3,9-10H2,1-2H3,(H,15,16). The van der Waals surface area contributed by atoms with Gasteiger partial charge in [-0.15, -0.1) is 0 Å². The summed E-state index contributed by atoms with van der Waals surface area (Å²) in [7, 11) is 1.57. The number of aliphatic carboxylic acids is 1. The lowest BCUT2D eigenvalue weighted by atomic mass is 9.86. The smallest absolute Gasteiger partial charge is 0.328 e. The van der Waals surface area contributed by atoms with Crippen molar-refractivity contribution in [1.29, 1.82) is 0 Å². The summed E-state index contributed by atoms with van der Waals surface area (Å²) in [5.41, 5.74) is -0.308. The van der Waals surface area contributed by atoms with Gasteiger partial charge in [-0.3, -0.25) is 5.32 Å². The molecule has 0 bridgehead atoms. The van der Waals surface area contributed by atoms with Gasteiger partial charge in [0.15, 0.2) is 0 Å². The molecule has 4 nitrogen and oxygen atoms in total. The first kappa shape index (κ1) is 13.7. The molecule has 1 atom stereocenters. The maximum atomic E-state index is 11.6. The predicted molar refractivity (Wildman–Crippen MR) is 65.9 cm³/mol. The summed E-state index contributed by atoms with van der Waals surface area (Å²) < 4.78 is 5.01. The second-order valence-electron chi connectivity index (χ2n) is 3.85. The van der Waals surface area contributed by atoms with E-state index < -0.39 is 11.5 Å². The van der Waals surface area contributed by atoms with Crippen molar-refractivity contribution in [3.05, 3.63) is 35.9 Å². The minimum absolute atomic E-state index is 0.397. The molecule has 0 amide bonds. The highest BCUT2D eigenvalue weighted by Crippen LogP contribution is 2.25. The quantitative estimate of drug-likeness (QED) is 0.756. The SMILES string of the molecule is CCNC(CCOC)(C(=O)O)c1ccccc1. The first-order chi connectivity index (χ1) is 8.17. The monoisotopic (exact) mass is 237 g/mol. The van der Waals surface area contributed by atoms with Gasteiger partial charge < -0.3 is 9.84 Å². The molecule has 0 aliphatic rings. The Morgan fingerprint density at radius 2 is 2.06 bits per heavy atom. The van der Waals surface area contributed by atoms with Gasteiger partial charge in [-0.2, -0.15) is 0 Å². The molecule has 0 fully saturated rings. The Hall–Kier alpha value is -1.39. The molecule has 0 aliphatic heterocycles. The van der Waals surface area contributed by atoms with Gasteiger partial charge in [0.25, 0.3) is 0 Å². The fraction of sp³-hybridized carbons (Fsp3) is 0.462. The maximum Gasteiger partial charge on any atom is 0.328 e. The van der Waals surface area contributed by atoms with Crippen LogP contribution < -0.4 is 5.32 Å². The minimum Gasteiger partial charge on any atom is -0.480 e. The third-order valence-electron chi connectivity index (χ3n) is 2.79. The number of benzene rings is 1. The topological polar surface area (TPSA) is 58.6 Å². The van der Waals surface area contributed by atoms with Crippen LogP contribution in [0.2, 0.25) is 0 Å². The Morgan fingerprint density at radius 1 is 1.41 bits per heavy atom. The molecule has 0 saturated carbocycles. The second kappa shape index (κ2) is 6.37. The zero-order valence-corrected chi connectivity index (χ0v) is 10.3. The van der Waals surface area contributed by atoms with Crippen molar-refractivity contribution in [3.8, 4) is 0 Å². The molecule has 94 valence electrons. The molecule has 0 saturated heterocycles. The van der Waals surface area contributed by atoms with Crippen LogP contribution in [0.4, 0.5) is 0 Å². The molecule has 1 unspecified atom stereocenters. The summed E-state index contributed by atoms with van der Waals surface area (Å²) in [5, 5.41) is 12.6. The largest absolute Gasteiger partial charge is 0.480 e. The van der Waals surface area contributed by atoms with E-state index in [0.717, 1.165) is 5.56 Å². The molecule has 1 aromatic rings. The molecular formula is C13H19NO3. The van der Waals surface area contributed by atoms with Gasteiger partial charge in [-0.05, 0) is 12.1 Å². The Morgan fingerprint density at radius 3 is 2.53 bits per heavy atom. The number of carboxylic acids is 1. The average molecular weight is 237 g/mol. The van der Waals surface area contributed by atoms with E-state index in [-0.39, 0.29) is 0 Å². The number of hydrogen-bond acceptors (Lipinski definition) is 3.